The molecule has 0 aliphatic carbocycles. The molecule has 4 rings (SSSR count). The van der Waals surface area contributed by atoms with Crippen molar-refractivity contribution in [1.82, 2.24) is 14.5 Å². The van der Waals surface area contributed by atoms with E-state index in [9.17, 15) is 26.4 Å². The predicted molar refractivity (Wildman–Crippen MR) is 110 cm³/mol. The molecule has 32 heavy (non-hydrogen) atoms. The van der Waals surface area contributed by atoms with Crippen molar-refractivity contribution in [2.45, 2.75) is 18.5 Å². The molecule has 12 heteroatoms. The van der Waals surface area contributed by atoms with Crippen molar-refractivity contribution < 1.29 is 31.1 Å². The highest BCUT2D eigenvalue weighted by Gasteiger charge is 2.34. The number of fused-ring (bicyclic) bond motifs is 1. The van der Waals surface area contributed by atoms with Crippen molar-refractivity contribution in [1.29, 1.82) is 0 Å². The lowest BCUT2D eigenvalue weighted by atomic mass is 10.1. The van der Waals surface area contributed by atoms with Crippen LogP contribution in [0.25, 0.3) is 11.0 Å². The Hall–Kier alpha value is -3.15. The molecule has 3 heterocycles. The first-order valence-corrected chi connectivity index (χ1v) is 11.4. The van der Waals surface area contributed by atoms with Crippen molar-refractivity contribution in [3.63, 3.8) is 0 Å². The first-order valence-electron chi connectivity index (χ1n) is 9.59. The van der Waals surface area contributed by atoms with Gasteiger partial charge in [-0.1, -0.05) is 6.07 Å². The predicted octanol–water partition coefficient (Wildman–Crippen LogP) is 3.15. The molecule has 1 fully saturated rings. The van der Waals surface area contributed by atoms with E-state index in [0.717, 1.165) is 12.1 Å². The van der Waals surface area contributed by atoms with E-state index in [0.29, 0.717) is 23.3 Å². The van der Waals surface area contributed by atoms with Crippen molar-refractivity contribution in [3.8, 4) is 5.75 Å². The number of benzene rings is 1. The molecular formula is C20H19F3N4O4S. The van der Waals surface area contributed by atoms with E-state index in [1.807, 2.05) is 0 Å². The highest BCUT2D eigenvalue weighted by atomic mass is 32.2. The zero-order valence-electron chi connectivity index (χ0n) is 17.1. The molecular weight excluding hydrogens is 449 g/mol. The van der Waals surface area contributed by atoms with Gasteiger partial charge in [-0.25, -0.2) is 18.4 Å². The van der Waals surface area contributed by atoms with E-state index in [-0.39, 0.29) is 28.9 Å². The number of anilines is 1. The fourth-order valence-electron chi connectivity index (χ4n) is 3.77. The molecule has 1 amide bonds. The van der Waals surface area contributed by atoms with Crippen LogP contribution in [0.4, 0.5) is 18.9 Å². The third-order valence-corrected chi connectivity index (χ3v) is 7.12. The Labute approximate surface area is 181 Å². The van der Waals surface area contributed by atoms with Gasteiger partial charge in [0.25, 0.3) is 5.91 Å². The van der Waals surface area contributed by atoms with E-state index in [1.54, 1.807) is 23.7 Å². The Balaban J connectivity index is 1.68. The molecule has 170 valence electrons. The quantitative estimate of drug-likeness (QED) is 0.631. The van der Waals surface area contributed by atoms with Crippen LogP contribution in [0.3, 0.4) is 0 Å². The van der Waals surface area contributed by atoms with Gasteiger partial charge in [0.05, 0.1) is 35.3 Å². The van der Waals surface area contributed by atoms with Gasteiger partial charge in [-0.05, 0) is 24.6 Å². The Morgan fingerprint density at radius 3 is 2.62 bits per heavy atom. The normalized spacial score (nSPS) is 18.1. The number of imidazole rings is 1. The number of nitrogens with one attached hydrogen (secondary N) is 1. The molecule has 8 nitrogen and oxygen atoms in total. The lowest BCUT2D eigenvalue weighted by Crippen LogP contribution is -2.17. The molecule has 1 aromatic carbocycles. The molecule has 1 aliphatic heterocycles. The smallest absolute Gasteiger partial charge is 0.433 e. The number of rotatable bonds is 4. The number of sulfone groups is 1. The van der Waals surface area contributed by atoms with Crippen LogP contribution < -0.4 is 10.1 Å². The SMILES string of the molecule is COc1cc2nc(C3CCS(=O)(=O)C3)n(C)c2cc1NC(=O)c1cccc(C(F)(F)F)n1. The topological polar surface area (TPSA) is 103 Å². The van der Waals surface area contributed by atoms with Crippen molar-refractivity contribution >= 4 is 32.5 Å². The maximum Gasteiger partial charge on any atom is 0.433 e. The molecule has 0 saturated carbocycles. The molecule has 0 bridgehead atoms. The second kappa shape index (κ2) is 7.76. The summed E-state index contributed by atoms with van der Waals surface area (Å²) in [6.07, 6.45) is -4.20. The Morgan fingerprint density at radius 1 is 1.25 bits per heavy atom. The molecule has 1 unspecified atom stereocenters. The molecule has 0 radical (unpaired) electrons. The van der Waals surface area contributed by atoms with Gasteiger partial charge in [0, 0.05) is 19.0 Å². The Bertz CT molecular complexity index is 1320. The highest BCUT2D eigenvalue weighted by Crippen LogP contribution is 2.35. The third-order valence-electron chi connectivity index (χ3n) is 5.35. The van der Waals surface area contributed by atoms with Crippen LogP contribution in [0.15, 0.2) is 30.3 Å². The van der Waals surface area contributed by atoms with Gasteiger partial charge in [0.2, 0.25) is 0 Å². The van der Waals surface area contributed by atoms with E-state index in [1.165, 1.54) is 13.2 Å². The van der Waals surface area contributed by atoms with Crippen LogP contribution in [0, 0.1) is 0 Å². The number of halogens is 3. The van der Waals surface area contributed by atoms with Gasteiger partial charge in [-0.3, -0.25) is 4.79 Å². The highest BCUT2D eigenvalue weighted by molar-refractivity contribution is 7.91. The number of carbonyl (C=O) groups excluding carboxylic acids is 1. The van der Waals surface area contributed by atoms with Crippen LogP contribution in [0.2, 0.25) is 0 Å². The third kappa shape index (κ3) is 4.14. The number of nitrogens with zero attached hydrogens (tertiary/aromatic N) is 3. The summed E-state index contributed by atoms with van der Waals surface area (Å²) in [7, 11) is 0.0183. The van der Waals surface area contributed by atoms with Gasteiger partial charge in [-0.2, -0.15) is 13.2 Å². The minimum absolute atomic E-state index is 0.0199. The van der Waals surface area contributed by atoms with Gasteiger partial charge >= 0.3 is 6.18 Å². The maximum absolute atomic E-state index is 12.9. The average molecular weight is 468 g/mol. The largest absolute Gasteiger partial charge is 0.494 e. The van der Waals surface area contributed by atoms with Crippen LogP contribution in [-0.2, 0) is 23.1 Å². The summed E-state index contributed by atoms with van der Waals surface area (Å²) in [6.45, 7) is 0. The summed E-state index contributed by atoms with van der Waals surface area (Å²) in [5.41, 5.74) is -0.201. The lowest BCUT2D eigenvalue weighted by molar-refractivity contribution is -0.141. The molecule has 1 atom stereocenters. The monoisotopic (exact) mass is 468 g/mol. The second-order valence-electron chi connectivity index (χ2n) is 7.53. The van der Waals surface area contributed by atoms with Crippen LogP contribution >= 0.6 is 0 Å². The zero-order valence-corrected chi connectivity index (χ0v) is 17.9. The van der Waals surface area contributed by atoms with Crippen LogP contribution in [0.1, 0.15) is 34.3 Å². The minimum atomic E-state index is -4.67. The first-order chi connectivity index (χ1) is 15.0. The molecule has 3 aromatic rings. The van der Waals surface area contributed by atoms with Gasteiger partial charge in [0.1, 0.15) is 23.0 Å². The number of carbonyl (C=O) groups is 1. The number of alkyl halides is 3. The van der Waals surface area contributed by atoms with Crippen LogP contribution in [0.5, 0.6) is 5.75 Å². The number of hydrogen-bond acceptors (Lipinski definition) is 6. The Morgan fingerprint density at radius 2 is 2.00 bits per heavy atom. The van der Waals surface area contributed by atoms with Crippen molar-refractivity contribution in [3.05, 3.63) is 47.5 Å². The maximum atomic E-state index is 12.9. The van der Waals surface area contributed by atoms with E-state index >= 15 is 0 Å². The summed E-state index contributed by atoms with van der Waals surface area (Å²) in [6, 6.07) is 6.23. The summed E-state index contributed by atoms with van der Waals surface area (Å²) in [4.78, 5) is 20.5. The standard InChI is InChI=1S/C20H19F3N4O4S/c1-27-15-8-14(26-19(28)12-4-3-5-17(24-12)20(21,22)23)16(31-2)9-13(15)25-18(27)11-6-7-32(29,30)10-11/h3-5,8-9,11H,6-7,10H2,1-2H3,(H,26,28). The van der Waals surface area contributed by atoms with Crippen LogP contribution in [-0.4, -0.2) is 47.5 Å². The fraction of sp³-hybridized carbons (Fsp3) is 0.350. The zero-order chi connectivity index (χ0) is 23.3. The van der Waals surface area contributed by atoms with E-state index in [4.69, 9.17) is 4.74 Å². The molecule has 0 spiro atoms. The molecule has 1 aliphatic rings. The summed E-state index contributed by atoms with van der Waals surface area (Å²) in [5.74, 6) is -0.0943. The number of methoxy groups -OCH3 is 1. The number of pyridine rings is 1. The summed E-state index contributed by atoms with van der Waals surface area (Å²) >= 11 is 0. The second-order valence-corrected chi connectivity index (χ2v) is 9.76. The van der Waals surface area contributed by atoms with Crippen molar-refractivity contribution in [2.24, 2.45) is 7.05 Å². The first kappa shape index (κ1) is 22.1. The number of aryl methyl sites for hydroxylation is 1. The number of ether oxygens (including phenoxy) is 1. The van der Waals surface area contributed by atoms with Crippen molar-refractivity contribution in [2.75, 3.05) is 23.9 Å². The Kier molecular flexibility index (Phi) is 5.35. The average Bonchev–Trinajstić information content (AvgIpc) is 3.25. The number of hydrogen-bond donors (Lipinski definition) is 1. The number of amides is 1. The summed E-state index contributed by atoms with van der Waals surface area (Å²) < 4.78 is 69.5. The number of aromatic nitrogens is 3. The molecule has 1 saturated heterocycles. The molecule has 2 aromatic heterocycles. The van der Waals surface area contributed by atoms with Gasteiger partial charge in [0.15, 0.2) is 9.84 Å². The van der Waals surface area contributed by atoms with E-state index < -0.39 is 33.3 Å². The van der Waals surface area contributed by atoms with E-state index in [2.05, 4.69) is 15.3 Å². The molecule has 1 N–H and O–H groups in total. The fourth-order valence-corrected chi connectivity index (χ4v) is 5.51. The lowest BCUT2D eigenvalue weighted by Gasteiger charge is -2.12. The summed E-state index contributed by atoms with van der Waals surface area (Å²) in [5, 5.41) is 2.54. The van der Waals surface area contributed by atoms with Gasteiger partial charge < -0.3 is 14.6 Å². The minimum Gasteiger partial charge on any atom is -0.494 e. The van der Waals surface area contributed by atoms with Gasteiger partial charge in [-0.15, -0.1) is 0 Å².